The highest BCUT2D eigenvalue weighted by Gasteiger charge is 2.12. The van der Waals surface area contributed by atoms with Gasteiger partial charge in [-0.25, -0.2) is 0 Å². The molecule has 0 spiro atoms. The monoisotopic (exact) mass is 315 g/mol. The molecule has 0 saturated carbocycles. The normalized spacial score (nSPS) is 12.4. The quantitative estimate of drug-likeness (QED) is 0.733. The Hall–Kier alpha value is -2.18. The van der Waals surface area contributed by atoms with Crippen LogP contribution in [0.2, 0.25) is 0 Å². The number of phenolic OH excluding ortho intramolecular Hbond substituents is 1. The summed E-state index contributed by atoms with van der Waals surface area (Å²) in [6, 6.07) is 9.01. The number of rotatable bonds is 6. The number of nitrogens with zero attached hydrogens (tertiary/aromatic N) is 3. The van der Waals surface area contributed by atoms with E-state index >= 15 is 0 Å². The zero-order valence-electron chi connectivity index (χ0n) is 12.0. The molecule has 5 nitrogen and oxygen atoms in total. The largest absolute Gasteiger partial charge is 0.508 e. The van der Waals surface area contributed by atoms with Crippen LogP contribution in [0.15, 0.2) is 47.3 Å². The molecule has 2 aromatic heterocycles. The molecule has 1 aromatic carbocycles. The van der Waals surface area contributed by atoms with Crippen molar-refractivity contribution in [3.63, 3.8) is 0 Å². The van der Waals surface area contributed by atoms with Crippen molar-refractivity contribution in [2.45, 2.75) is 13.0 Å². The lowest BCUT2D eigenvalue weighted by Gasteiger charge is -2.12. The number of aromatic nitrogens is 3. The molecule has 3 aromatic rings. The highest BCUT2D eigenvalue weighted by Crippen LogP contribution is 2.21. The summed E-state index contributed by atoms with van der Waals surface area (Å²) in [5.41, 5.74) is 2.77. The lowest BCUT2D eigenvalue weighted by molar-refractivity contribution is 0.205. The van der Waals surface area contributed by atoms with Crippen LogP contribution in [0, 0.1) is 5.92 Å². The maximum atomic E-state index is 9.56. The second-order valence-electron chi connectivity index (χ2n) is 5.26. The molecule has 3 rings (SSSR count). The number of aliphatic hydroxyl groups excluding tert-OH is 1. The van der Waals surface area contributed by atoms with E-state index in [2.05, 4.69) is 21.8 Å². The van der Waals surface area contributed by atoms with Crippen LogP contribution in [-0.4, -0.2) is 31.8 Å². The van der Waals surface area contributed by atoms with Gasteiger partial charge in [-0.2, -0.15) is 11.3 Å². The number of aromatic hydroxyl groups is 1. The van der Waals surface area contributed by atoms with Crippen molar-refractivity contribution in [1.29, 1.82) is 0 Å². The van der Waals surface area contributed by atoms with E-state index in [0.717, 1.165) is 12.0 Å². The first-order valence-electron chi connectivity index (χ1n) is 7.06. The molecule has 0 aliphatic carbocycles. The molecule has 0 bridgehead atoms. The zero-order valence-corrected chi connectivity index (χ0v) is 12.8. The van der Waals surface area contributed by atoms with Gasteiger partial charge in [0.1, 0.15) is 11.4 Å². The summed E-state index contributed by atoms with van der Waals surface area (Å²) in [5.74, 6) is 0.311. The average molecular weight is 315 g/mol. The van der Waals surface area contributed by atoms with Crippen molar-refractivity contribution in [3.8, 4) is 17.0 Å². The van der Waals surface area contributed by atoms with E-state index in [0.29, 0.717) is 12.2 Å². The van der Waals surface area contributed by atoms with Crippen molar-refractivity contribution in [1.82, 2.24) is 15.0 Å². The molecular formula is C16H17N3O2S. The van der Waals surface area contributed by atoms with Crippen LogP contribution in [0.3, 0.4) is 0 Å². The Bertz CT molecular complexity index is 725. The predicted molar refractivity (Wildman–Crippen MR) is 85.7 cm³/mol. The Morgan fingerprint density at radius 3 is 2.91 bits per heavy atom. The molecule has 22 heavy (non-hydrogen) atoms. The molecule has 0 aliphatic rings. The number of benzene rings is 1. The first kappa shape index (κ1) is 14.7. The smallest absolute Gasteiger partial charge is 0.116 e. The van der Waals surface area contributed by atoms with Crippen LogP contribution in [0.1, 0.15) is 5.56 Å². The topological polar surface area (TPSA) is 71.2 Å². The van der Waals surface area contributed by atoms with Crippen molar-refractivity contribution < 1.29 is 10.2 Å². The van der Waals surface area contributed by atoms with E-state index in [-0.39, 0.29) is 18.3 Å². The van der Waals surface area contributed by atoms with Gasteiger partial charge in [0, 0.05) is 24.6 Å². The van der Waals surface area contributed by atoms with Crippen molar-refractivity contribution in [3.05, 3.63) is 52.9 Å². The Balaban J connectivity index is 1.70. The fraction of sp³-hybridized carbons (Fsp3) is 0.250. The Labute approximate surface area is 132 Å². The standard InChI is InChI=1S/C16H17N3O2S/c20-10-13(6-12-4-5-22-11-12)8-19-9-16(17-18-19)14-2-1-3-15(21)7-14/h1-5,7,9,11,13,20-21H,6,8,10H2/t13-/m0/s1. The van der Waals surface area contributed by atoms with E-state index in [1.165, 1.54) is 5.56 Å². The van der Waals surface area contributed by atoms with Gasteiger partial charge in [0.15, 0.2) is 0 Å². The SMILES string of the molecule is OC[C@@H](Cc1ccsc1)Cn1cc(-c2cccc(O)c2)nn1. The molecule has 0 amide bonds. The third-order valence-electron chi connectivity index (χ3n) is 3.49. The maximum absolute atomic E-state index is 9.56. The van der Waals surface area contributed by atoms with Gasteiger partial charge >= 0.3 is 0 Å². The first-order valence-corrected chi connectivity index (χ1v) is 8.00. The highest BCUT2D eigenvalue weighted by atomic mass is 32.1. The van der Waals surface area contributed by atoms with Gasteiger partial charge in [-0.15, -0.1) is 5.10 Å². The number of hydrogen-bond donors (Lipinski definition) is 2. The third kappa shape index (κ3) is 3.52. The van der Waals surface area contributed by atoms with E-state index in [9.17, 15) is 10.2 Å². The van der Waals surface area contributed by atoms with Crippen LogP contribution in [0.25, 0.3) is 11.3 Å². The molecular weight excluding hydrogens is 298 g/mol. The molecule has 0 fully saturated rings. The highest BCUT2D eigenvalue weighted by molar-refractivity contribution is 7.07. The molecule has 2 heterocycles. The zero-order chi connectivity index (χ0) is 15.4. The molecule has 0 unspecified atom stereocenters. The summed E-state index contributed by atoms with van der Waals surface area (Å²) in [6.45, 7) is 0.718. The molecule has 114 valence electrons. The molecule has 6 heteroatoms. The summed E-state index contributed by atoms with van der Waals surface area (Å²) >= 11 is 1.66. The predicted octanol–water partition coefficient (Wildman–Crippen LogP) is 2.56. The van der Waals surface area contributed by atoms with Crippen LogP contribution in [0.4, 0.5) is 0 Å². The molecule has 0 saturated heterocycles. The molecule has 0 aliphatic heterocycles. The molecule has 1 atom stereocenters. The van der Waals surface area contributed by atoms with Crippen molar-refractivity contribution >= 4 is 11.3 Å². The average Bonchev–Trinajstić information content (AvgIpc) is 3.18. The lowest BCUT2D eigenvalue weighted by Crippen LogP contribution is -2.17. The van der Waals surface area contributed by atoms with Gasteiger partial charge in [0.25, 0.3) is 0 Å². The molecule has 0 radical (unpaired) electrons. The maximum Gasteiger partial charge on any atom is 0.116 e. The minimum atomic E-state index is 0.105. The lowest BCUT2D eigenvalue weighted by atomic mass is 10.0. The number of phenols is 1. The van der Waals surface area contributed by atoms with E-state index in [4.69, 9.17) is 0 Å². The Kier molecular flexibility index (Phi) is 4.50. The summed E-state index contributed by atoms with van der Waals surface area (Å²) in [6.07, 6.45) is 2.66. The minimum Gasteiger partial charge on any atom is -0.508 e. The number of thiophene rings is 1. The van der Waals surface area contributed by atoms with Crippen LogP contribution in [0.5, 0.6) is 5.75 Å². The molecule has 2 N–H and O–H groups in total. The summed E-state index contributed by atoms with van der Waals surface area (Å²) in [5, 5.41) is 31.5. The number of aliphatic hydroxyl groups is 1. The fourth-order valence-electron chi connectivity index (χ4n) is 2.38. The van der Waals surface area contributed by atoms with Gasteiger partial charge in [0.2, 0.25) is 0 Å². The summed E-state index contributed by atoms with van der Waals surface area (Å²) < 4.78 is 1.74. The fourth-order valence-corrected chi connectivity index (χ4v) is 3.06. The summed E-state index contributed by atoms with van der Waals surface area (Å²) in [4.78, 5) is 0. The van der Waals surface area contributed by atoms with Gasteiger partial charge in [0.05, 0.1) is 6.20 Å². The Morgan fingerprint density at radius 1 is 1.27 bits per heavy atom. The second kappa shape index (κ2) is 6.72. The first-order chi connectivity index (χ1) is 10.7. The van der Waals surface area contributed by atoms with Gasteiger partial charge in [-0.1, -0.05) is 17.3 Å². The van der Waals surface area contributed by atoms with Gasteiger partial charge < -0.3 is 10.2 Å². The van der Waals surface area contributed by atoms with Crippen LogP contribution < -0.4 is 0 Å². The minimum absolute atomic E-state index is 0.105. The van der Waals surface area contributed by atoms with Crippen molar-refractivity contribution in [2.24, 2.45) is 5.92 Å². The third-order valence-corrected chi connectivity index (χ3v) is 4.22. The van der Waals surface area contributed by atoms with Gasteiger partial charge in [-0.3, -0.25) is 4.68 Å². The second-order valence-corrected chi connectivity index (χ2v) is 6.04. The summed E-state index contributed by atoms with van der Waals surface area (Å²) in [7, 11) is 0. The van der Waals surface area contributed by atoms with Crippen LogP contribution in [-0.2, 0) is 13.0 Å². The van der Waals surface area contributed by atoms with Crippen LogP contribution >= 0.6 is 11.3 Å². The van der Waals surface area contributed by atoms with E-state index in [1.807, 2.05) is 17.6 Å². The van der Waals surface area contributed by atoms with E-state index < -0.39 is 0 Å². The van der Waals surface area contributed by atoms with Gasteiger partial charge in [-0.05, 0) is 40.9 Å². The Morgan fingerprint density at radius 2 is 2.18 bits per heavy atom. The van der Waals surface area contributed by atoms with Crippen molar-refractivity contribution in [2.75, 3.05) is 6.61 Å². The van der Waals surface area contributed by atoms with E-state index in [1.54, 1.807) is 34.2 Å². The number of hydrogen-bond acceptors (Lipinski definition) is 5.